The second-order valence-electron chi connectivity index (χ2n) is 7.33. The number of carbonyl (C=O) groups excluding carboxylic acids is 1. The number of amides is 1. The first kappa shape index (κ1) is 21.3. The van der Waals surface area contributed by atoms with Gasteiger partial charge >= 0.3 is 5.63 Å². The van der Waals surface area contributed by atoms with Crippen molar-refractivity contribution in [1.29, 1.82) is 0 Å². The third kappa shape index (κ3) is 4.39. The van der Waals surface area contributed by atoms with Gasteiger partial charge in [0.25, 0.3) is 0 Å². The zero-order valence-electron chi connectivity index (χ0n) is 17.6. The minimum atomic E-state index is -0.803. The monoisotopic (exact) mass is 441 g/mol. The van der Waals surface area contributed by atoms with Crippen LogP contribution in [0.25, 0.3) is 0 Å². The van der Waals surface area contributed by atoms with E-state index in [1.54, 1.807) is 31.6 Å². The van der Waals surface area contributed by atoms with E-state index in [2.05, 4.69) is 15.3 Å². The molecule has 168 valence electrons. The molecule has 3 N–H and O–H groups in total. The molecule has 10 heteroatoms. The molecule has 32 heavy (non-hydrogen) atoms. The number of nitrogens with one attached hydrogen (secondary N) is 2. The number of ether oxygens (including phenoxy) is 3. The Bertz CT molecular complexity index is 1170. The number of methoxy groups -OCH3 is 1. The van der Waals surface area contributed by atoms with Crippen LogP contribution in [0.15, 0.2) is 39.9 Å². The summed E-state index contributed by atoms with van der Waals surface area (Å²) in [5, 5.41) is 13.4. The first-order valence-corrected chi connectivity index (χ1v) is 10.0. The number of carbonyl (C=O) groups is 1. The largest absolute Gasteiger partial charge is 0.507 e. The zero-order chi connectivity index (χ0) is 22.7. The number of nitrogens with zero attached hydrogens (tertiary/aromatic N) is 1. The number of aryl methyl sites for hydroxylation is 1. The molecule has 0 fully saturated rings. The van der Waals surface area contributed by atoms with Gasteiger partial charge in [-0.15, -0.1) is 0 Å². The van der Waals surface area contributed by atoms with Gasteiger partial charge in [-0.3, -0.25) is 4.79 Å². The quantitative estimate of drug-likeness (QED) is 0.483. The Balaban J connectivity index is 1.65. The molecule has 0 aliphatic carbocycles. The average molecular weight is 441 g/mol. The first-order valence-electron chi connectivity index (χ1n) is 10.0. The van der Waals surface area contributed by atoms with Crippen LogP contribution in [0.2, 0.25) is 0 Å². The van der Waals surface area contributed by atoms with E-state index in [1.165, 1.54) is 13.2 Å². The maximum Gasteiger partial charge on any atom is 0.343 e. The van der Waals surface area contributed by atoms with E-state index in [4.69, 9.17) is 18.6 Å². The van der Waals surface area contributed by atoms with Crippen molar-refractivity contribution in [3.05, 3.63) is 63.7 Å². The van der Waals surface area contributed by atoms with Crippen LogP contribution in [0.3, 0.4) is 0 Å². The molecule has 0 saturated carbocycles. The zero-order valence-corrected chi connectivity index (χ0v) is 17.6. The lowest BCUT2D eigenvalue weighted by Crippen LogP contribution is -2.28. The SMILES string of the molecule is COc1cc(C(CC(=O)NCCc2cnc[nH]2)c2c(O)cc(C)oc2=O)cc2c1OCO2. The number of aromatic nitrogens is 2. The van der Waals surface area contributed by atoms with E-state index in [1.807, 2.05) is 0 Å². The number of imidazole rings is 1. The van der Waals surface area contributed by atoms with Crippen LogP contribution in [0.4, 0.5) is 0 Å². The second kappa shape index (κ2) is 9.04. The second-order valence-corrected chi connectivity index (χ2v) is 7.33. The predicted molar refractivity (Wildman–Crippen MR) is 112 cm³/mol. The van der Waals surface area contributed by atoms with Gasteiger partial charge in [-0.05, 0) is 24.6 Å². The fourth-order valence-electron chi connectivity index (χ4n) is 3.68. The van der Waals surface area contributed by atoms with E-state index in [0.717, 1.165) is 5.69 Å². The summed E-state index contributed by atoms with van der Waals surface area (Å²) in [7, 11) is 1.48. The maximum atomic E-state index is 12.8. The summed E-state index contributed by atoms with van der Waals surface area (Å²) >= 11 is 0. The van der Waals surface area contributed by atoms with Crippen molar-refractivity contribution in [1.82, 2.24) is 15.3 Å². The third-order valence-corrected chi connectivity index (χ3v) is 5.18. The number of fused-ring (bicyclic) bond motifs is 1. The number of benzene rings is 1. The molecule has 0 radical (unpaired) electrons. The fourth-order valence-corrected chi connectivity index (χ4v) is 3.68. The van der Waals surface area contributed by atoms with E-state index >= 15 is 0 Å². The number of aromatic amines is 1. The molecule has 4 rings (SSSR count). The van der Waals surface area contributed by atoms with Gasteiger partial charge in [-0.1, -0.05) is 0 Å². The average Bonchev–Trinajstić information content (AvgIpc) is 3.43. The van der Waals surface area contributed by atoms with Gasteiger partial charge < -0.3 is 34.0 Å². The molecule has 3 heterocycles. The highest BCUT2D eigenvalue weighted by atomic mass is 16.7. The highest BCUT2D eigenvalue weighted by Gasteiger charge is 2.29. The molecular weight excluding hydrogens is 418 g/mol. The minimum absolute atomic E-state index is 0.0137. The van der Waals surface area contributed by atoms with Gasteiger partial charge in [0.15, 0.2) is 11.5 Å². The highest BCUT2D eigenvalue weighted by molar-refractivity contribution is 5.78. The van der Waals surface area contributed by atoms with Crippen molar-refractivity contribution in [3.63, 3.8) is 0 Å². The Hall–Kier alpha value is -3.95. The molecule has 1 amide bonds. The van der Waals surface area contributed by atoms with Crippen LogP contribution in [0, 0.1) is 6.92 Å². The van der Waals surface area contributed by atoms with Crippen molar-refractivity contribution in [2.75, 3.05) is 20.4 Å². The van der Waals surface area contributed by atoms with Crippen molar-refractivity contribution in [2.45, 2.75) is 25.7 Å². The molecule has 0 spiro atoms. The van der Waals surface area contributed by atoms with E-state index in [9.17, 15) is 14.7 Å². The number of hydrogen-bond donors (Lipinski definition) is 3. The number of aromatic hydroxyl groups is 1. The van der Waals surface area contributed by atoms with E-state index < -0.39 is 11.5 Å². The lowest BCUT2D eigenvalue weighted by molar-refractivity contribution is -0.121. The molecular formula is C22H23N3O7. The molecule has 10 nitrogen and oxygen atoms in total. The molecule has 2 aromatic heterocycles. The Morgan fingerprint density at radius 3 is 2.91 bits per heavy atom. The van der Waals surface area contributed by atoms with E-state index in [-0.39, 0.29) is 36.2 Å². The Kier molecular flexibility index (Phi) is 6.02. The van der Waals surface area contributed by atoms with Crippen molar-refractivity contribution < 1.29 is 28.5 Å². The van der Waals surface area contributed by atoms with Crippen LogP contribution in [0.1, 0.15) is 34.9 Å². The Morgan fingerprint density at radius 1 is 1.34 bits per heavy atom. The topological polar surface area (TPSA) is 136 Å². The molecule has 1 atom stereocenters. The maximum absolute atomic E-state index is 12.8. The third-order valence-electron chi connectivity index (χ3n) is 5.18. The van der Waals surface area contributed by atoms with Gasteiger partial charge in [0.05, 0.1) is 19.0 Å². The van der Waals surface area contributed by atoms with Crippen LogP contribution in [-0.4, -0.2) is 41.4 Å². The highest BCUT2D eigenvalue weighted by Crippen LogP contribution is 2.45. The van der Waals surface area contributed by atoms with Crippen LogP contribution in [-0.2, 0) is 11.2 Å². The van der Waals surface area contributed by atoms with Crippen molar-refractivity contribution in [3.8, 4) is 23.0 Å². The lowest BCUT2D eigenvalue weighted by Gasteiger charge is -2.19. The van der Waals surface area contributed by atoms with Crippen molar-refractivity contribution in [2.24, 2.45) is 0 Å². The molecule has 1 aliphatic rings. The van der Waals surface area contributed by atoms with Crippen molar-refractivity contribution >= 4 is 5.91 Å². The fraction of sp³-hybridized carbons (Fsp3) is 0.318. The van der Waals surface area contributed by atoms with Gasteiger partial charge in [0.1, 0.15) is 11.5 Å². The molecule has 1 aliphatic heterocycles. The minimum Gasteiger partial charge on any atom is -0.507 e. The summed E-state index contributed by atoms with van der Waals surface area (Å²) < 4.78 is 21.5. The first-order chi connectivity index (χ1) is 15.5. The summed E-state index contributed by atoms with van der Waals surface area (Å²) in [4.78, 5) is 32.3. The number of hydrogen-bond acceptors (Lipinski definition) is 8. The Morgan fingerprint density at radius 2 is 2.19 bits per heavy atom. The molecule has 1 aromatic carbocycles. The molecule has 1 unspecified atom stereocenters. The predicted octanol–water partition coefficient (Wildman–Crippen LogP) is 2.00. The van der Waals surface area contributed by atoms with Crippen LogP contribution >= 0.6 is 0 Å². The lowest BCUT2D eigenvalue weighted by atomic mass is 9.88. The summed E-state index contributed by atoms with van der Waals surface area (Å²) in [5.74, 6) is 0.190. The smallest absolute Gasteiger partial charge is 0.343 e. The Labute approximate surface area is 183 Å². The summed E-state index contributed by atoms with van der Waals surface area (Å²) in [6.45, 7) is 1.98. The van der Waals surface area contributed by atoms with E-state index in [0.29, 0.717) is 35.8 Å². The molecule has 0 bridgehead atoms. The normalized spacial score (nSPS) is 13.1. The van der Waals surface area contributed by atoms with Crippen LogP contribution < -0.4 is 25.2 Å². The van der Waals surface area contributed by atoms with Gasteiger partial charge in [-0.25, -0.2) is 9.78 Å². The number of H-pyrrole nitrogens is 1. The van der Waals surface area contributed by atoms with Crippen LogP contribution in [0.5, 0.6) is 23.0 Å². The standard InChI is InChI=1S/C22H23N3O7/c1-12-5-16(26)20(22(28)32-12)15(8-19(27)24-4-3-14-9-23-10-25-14)13-6-17(29-2)21-18(7-13)30-11-31-21/h5-7,9-10,15,26H,3-4,8,11H2,1-2H3,(H,23,25)(H,24,27). The molecule has 3 aromatic rings. The van der Waals surface area contributed by atoms with Gasteiger partial charge in [0.2, 0.25) is 18.4 Å². The summed E-state index contributed by atoms with van der Waals surface area (Å²) in [6, 6.07) is 4.69. The van der Waals surface area contributed by atoms with Gasteiger partial charge in [-0.2, -0.15) is 0 Å². The number of rotatable bonds is 8. The van der Waals surface area contributed by atoms with Gasteiger partial charge in [0, 0.05) is 43.3 Å². The summed E-state index contributed by atoms with van der Waals surface area (Å²) in [5.41, 5.74) is 0.704. The molecule has 0 saturated heterocycles. The summed E-state index contributed by atoms with van der Waals surface area (Å²) in [6.07, 6.45) is 3.72.